The van der Waals surface area contributed by atoms with Crippen molar-refractivity contribution in [1.82, 2.24) is 0 Å². The Morgan fingerprint density at radius 2 is 1.44 bits per heavy atom. The minimum absolute atomic E-state index is 0.0786. The number of nitrogens with zero attached hydrogens (tertiary/aromatic N) is 2. The molecule has 3 aromatic rings. The molecule has 1 aromatic heterocycles. The molecule has 0 aliphatic heterocycles. The molecule has 5 heteroatoms. The van der Waals surface area contributed by atoms with Crippen LogP contribution in [0.15, 0.2) is 93.7 Å². The molecule has 2 aromatic carbocycles. The van der Waals surface area contributed by atoms with Crippen LogP contribution >= 0.6 is 11.3 Å². The van der Waals surface area contributed by atoms with Gasteiger partial charge in [0.15, 0.2) is 5.78 Å². The lowest BCUT2D eigenvalue weighted by atomic mass is 9.71. The normalized spacial score (nSPS) is 15.1. The molecule has 0 saturated carbocycles. The van der Waals surface area contributed by atoms with E-state index in [1.165, 1.54) is 12.1 Å². The topological polar surface area (TPSA) is 41.8 Å². The summed E-state index contributed by atoms with van der Waals surface area (Å²) in [7, 11) is 0. The summed E-state index contributed by atoms with van der Waals surface area (Å²) in [6, 6.07) is 16.2. The maximum Gasteiger partial charge on any atom is 0.186 e. The average Bonchev–Trinajstić information content (AvgIpc) is 3.18. The van der Waals surface area contributed by atoms with Gasteiger partial charge in [0.05, 0.1) is 10.6 Å². The van der Waals surface area contributed by atoms with Crippen molar-refractivity contribution in [2.24, 2.45) is 21.1 Å². The predicted molar refractivity (Wildman–Crippen MR) is 140 cm³/mol. The number of halogens is 1. The first-order valence-electron chi connectivity index (χ1n) is 11.3. The molecule has 0 radical (unpaired) electrons. The van der Waals surface area contributed by atoms with E-state index in [1.54, 1.807) is 23.5 Å². The number of thiophene rings is 1. The number of carbonyl (C=O) groups excluding carboxylic acids is 1. The van der Waals surface area contributed by atoms with E-state index in [-0.39, 0.29) is 22.4 Å². The summed E-state index contributed by atoms with van der Waals surface area (Å²) >= 11 is 1.64. The first-order chi connectivity index (χ1) is 15.9. The van der Waals surface area contributed by atoms with E-state index in [4.69, 9.17) is 0 Å². The van der Waals surface area contributed by atoms with Gasteiger partial charge in [0.1, 0.15) is 11.5 Å². The van der Waals surface area contributed by atoms with Crippen molar-refractivity contribution in [3.8, 4) is 0 Å². The molecule has 1 aliphatic rings. The van der Waals surface area contributed by atoms with E-state index < -0.39 is 0 Å². The lowest BCUT2D eigenvalue weighted by Gasteiger charge is -2.31. The van der Waals surface area contributed by atoms with Crippen LogP contribution in [0.3, 0.4) is 0 Å². The van der Waals surface area contributed by atoms with E-state index in [2.05, 4.69) is 70.0 Å². The van der Waals surface area contributed by atoms with E-state index in [0.717, 1.165) is 31.7 Å². The molecule has 1 heterocycles. The molecule has 0 bridgehead atoms. The molecule has 0 fully saturated rings. The van der Waals surface area contributed by atoms with E-state index in [0.29, 0.717) is 11.4 Å². The Kier molecular flexibility index (Phi) is 6.26. The smallest absolute Gasteiger partial charge is 0.186 e. The van der Waals surface area contributed by atoms with Crippen molar-refractivity contribution < 1.29 is 9.18 Å². The molecule has 3 nitrogen and oxygen atoms in total. The highest BCUT2D eigenvalue weighted by Crippen LogP contribution is 2.42. The third-order valence-electron chi connectivity index (χ3n) is 5.73. The number of hydrogen-bond donors (Lipinski definition) is 0. The summed E-state index contributed by atoms with van der Waals surface area (Å²) in [5.41, 5.74) is 2.97. The Bertz CT molecular complexity index is 1300. The Morgan fingerprint density at radius 3 is 2.00 bits per heavy atom. The van der Waals surface area contributed by atoms with E-state index in [1.807, 2.05) is 24.3 Å². The fourth-order valence-electron chi connectivity index (χ4n) is 3.84. The number of Topliss-reactive ketones (excluding diaryl/α,β-unsaturated/α-hetero) is 1. The van der Waals surface area contributed by atoms with Gasteiger partial charge >= 0.3 is 0 Å². The summed E-state index contributed by atoms with van der Waals surface area (Å²) in [6.07, 6.45) is 3.92. The highest BCUT2D eigenvalue weighted by atomic mass is 32.1. The summed E-state index contributed by atoms with van der Waals surface area (Å²) < 4.78 is 14.5. The Hall–Kier alpha value is -3.18. The quantitative estimate of drug-likeness (QED) is 0.351. The van der Waals surface area contributed by atoms with Gasteiger partial charge in [-0.3, -0.25) is 4.79 Å². The van der Waals surface area contributed by atoms with Crippen LogP contribution in [0.4, 0.5) is 10.1 Å². The first kappa shape index (κ1) is 24.0. The molecule has 0 spiro atoms. The molecular formula is C29H29FN2OS. The highest BCUT2D eigenvalue weighted by Gasteiger charge is 2.34. The predicted octanol–water partition coefficient (Wildman–Crippen LogP) is 9.06. The summed E-state index contributed by atoms with van der Waals surface area (Å²) in [4.78, 5) is 14.4. The van der Waals surface area contributed by atoms with Crippen molar-refractivity contribution in [1.29, 1.82) is 0 Å². The monoisotopic (exact) mass is 472 g/mol. The number of fused-ring (bicyclic) bond motifs is 1. The minimum Gasteiger partial charge on any atom is -0.289 e. The number of carbonyl (C=O) groups is 1. The molecule has 4 rings (SSSR count). The summed E-state index contributed by atoms with van der Waals surface area (Å²) in [6.45, 7) is 12.3. The van der Waals surface area contributed by atoms with Crippen molar-refractivity contribution in [3.05, 3.63) is 94.2 Å². The number of benzene rings is 2. The maximum absolute atomic E-state index is 13.4. The van der Waals surface area contributed by atoms with Gasteiger partial charge in [0, 0.05) is 21.4 Å². The number of allylic oxidation sites excluding steroid dienone is 5. The standard InChI is InChI=1S/C29H29FN2OS/c1-28(2,3)22-15-19(16-23(27(22)33)29(4,5)6)26(32-31-21-13-11-20(30)12-14-21)25-17-18-9-7-8-10-24(18)34-25/h7-17H,1-6H3. The fraction of sp³-hybridized carbons (Fsp3) is 0.276. The van der Waals surface area contributed by atoms with Crippen LogP contribution in [-0.2, 0) is 4.79 Å². The molecule has 0 saturated heterocycles. The third-order valence-corrected chi connectivity index (χ3v) is 6.85. The zero-order chi connectivity index (χ0) is 24.7. The second-order valence-electron chi connectivity index (χ2n) is 10.6. The van der Waals surface area contributed by atoms with Crippen molar-refractivity contribution >= 4 is 38.6 Å². The van der Waals surface area contributed by atoms with Crippen LogP contribution in [0, 0.1) is 16.6 Å². The third kappa shape index (κ3) is 5.00. The van der Waals surface area contributed by atoms with Crippen molar-refractivity contribution in [2.75, 3.05) is 0 Å². The highest BCUT2D eigenvalue weighted by molar-refractivity contribution is 7.20. The number of hydrogen-bond acceptors (Lipinski definition) is 4. The first-order valence-corrected chi connectivity index (χ1v) is 12.1. The Balaban J connectivity index is 1.98. The van der Waals surface area contributed by atoms with Crippen LogP contribution in [0.25, 0.3) is 15.8 Å². The van der Waals surface area contributed by atoms with E-state index in [9.17, 15) is 9.18 Å². The van der Waals surface area contributed by atoms with Crippen LogP contribution in [0.2, 0.25) is 0 Å². The number of ketones is 1. The number of azo groups is 1. The number of rotatable bonds is 3. The molecule has 0 N–H and O–H groups in total. The van der Waals surface area contributed by atoms with Crippen molar-refractivity contribution in [2.45, 2.75) is 41.5 Å². The Labute approximate surface area is 204 Å². The van der Waals surface area contributed by atoms with Gasteiger partial charge in [-0.05, 0) is 64.8 Å². The van der Waals surface area contributed by atoms with Gasteiger partial charge in [-0.25, -0.2) is 4.39 Å². The zero-order valence-electron chi connectivity index (χ0n) is 20.4. The van der Waals surface area contributed by atoms with Crippen LogP contribution < -0.4 is 0 Å². The lowest BCUT2D eigenvalue weighted by Crippen LogP contribution is -2.28. The molecule has 34 heavy (non-hydrogen) atoms. The molecular weight excluding hydrogens is 443 g/mol. The van der Waals surface area contributed by atoms with Gasteiger partial charge in [0.25, 0.3) is 0 Å². The van der Waals surface area contributed by atoms with Crippen molar-refractivity contribution in [3.63, 3.8) is 0 Å². The zero-order valence-corrected chi connectivity index (χ0v) is 21.3. The van der Waals surface area contributed by atoms with Gasteiger partial charge in [-0.1, -0.05) is 59.7 Å². The van der Waals surface area contributed by atoms with Gasteiger partial charge in [-0.15, -0.1) is 16.5 Å². The molecule has 0 unspecified atom stereocenters. The maximum atomic E-state index is 13.4. The SMILES string of the molecule is CC(C)(C)C1=CC(=C(N=Nc2ccc(F)cc2)c2cc3ccccc3s2)C=C(C(C)(C)C)C1=O. The van der Waals surface area contributed by atoms with Crippen LogP contribution in [0.5, 0.6) is 0 Å². The van der Waals surface area contributed by atoms with Gasteiger partial charge < -0.3 is 0 Å². The fourth-order valence-corrected chi connectivity index (χ4v) is 4.91. The summed E-state index contributed by atoms with van der Waals surface area (Å²) in [5.74, 6) is -0.238. The molecule has 1 aliphatic carbocycles. The molecule has 0 atom stereocenters. The van der Waals surface area contributed by atoms with Gasteiger partial charge in [-0.2, -0.15) is 5.11 Å². The largest absolute Gasteiger partial charge is 0.289 e. The second kappa shape index (κ2) is 8.88. The summed E-state index contributed by atoms with van der Waals surface area (Å²) in [5, 5.41) is 10.2. The molecule has 0 amide bonds. The minimum atomic E-state index is -0.327. The molecule has 174 valence electrons. The Morgan fingerprint density at radius 1 is 0.853 bits per heavy atom. The second-order valence-corrected chi connectivity index (χ2v) is 11.7. The van der Waals surface area contributed by atoms with E-state index >= 15 is 0 Å². The van der Waals surface area contributed by atoms with Gasteiger partial charge in [0.2, 0.25) is 0 Å². The lowest BCUT2D eigenvalue weighted by molar-refractivity contribution is -0.114. The van der Waals surface area contributed by atoms with Crippen LogP contribution in [0.1, 0.15) is 46.4 Å². The van der Waals surface area contributed by atoms with Crippen LogP contribution in [-0.4, -0.2) is 5.78 Å². The average molecular weight is 473 g/mol.